The van der Waals surface area contributed by atoms with Crippen LogP contribution in [0.5, 0.6) is 0 Å². The molecule has 0 saturated heterocycles. The smallest absolute Gasteiger partial charge is 0.0471 e. The van der Waals surface area contributed by atoms with Crippen molar-refractivity contribution < 1.29 is 5.11 Å². The van der Waals surface area contributed by atoms with Crippen LogP contribution in [0, 0.1) is 0 Å². The van der Waals surface area contributed by atoms with Crippen LogP contribution >= 0.6 is 11.8 Å². The van der Waals surface area contributed by atoms with Crippen LogP contribution in [-0.4, -0.2) is 11.7 Å². The molecule has 0 fully saturated rings. The fourth-order valence-corrected chi connectivity index (χ4v) is 4.26. The van der Waals surface area contributed by atoms with E-state index in [1.54, 1.807) is 0 Å². The van der Waals surface area contributed by atoms with Gasteiger partial charge in [-0.05, 0) is 46.0 Å². The second-order valence-corrected chi connectivity index (χ2v) is 6.50. The van der Waals surface area contributed by atoms with Crippen LogP contribution in [0.25, 0.3) is 10.8 Å². The van der Waals surface area contributed by atoms with Gasteiger partial charge in [-0.25, -0.2) is 0 Å². The van der Waals surface area contributed by atoms with Crippen LogP contribution in [0.2, 0.25) is 0 Å². The van der Waals surface area contributed by atoms with E-state index in [0.29, 0.717) is 0 Å². The van der Waals surface area contributed by atoms with E-state index in [2.05, 4.69) is 54.6 Å². The fraction of sp³-hybridized carbons (Fsp3) is 0.158. The van der Waals surface area contributed by atoms with Gasteiger partial charge in [0.25, 0.3) is 0 Å². The summed E-state index contributed by atoms with van der Waals surface area (Å²) in [7, 11) is 0. The number of aliphatic hydroxyl groups excluding tert-OH is 1. The highest BCUT2D eigenvalue weighted by atomic mass is 32.2. The van der Waals surface area contributed by atoms with Crippen molar-refractivity contribution in [3.8, 4) is 0 Å². The van der Waals surface area contributed by atoms with Gasteiger partial charge < -0.3 is 5.11 Å². The molecule has 0 bridgehead atoms. The van der Waals surface area contributed by atoms with Gasteiger partial charge in [0.2, 0.25) is 0 Å². The van der Waals surface area contributed by atoms with Crippen LogP contribution in [0.15, 0.2) is 64.4 Å². The topological polar surface area (TPSA) is 20.2 Å². The Morgan fingerprint density at radius 1 is 0.905 bits per heavy atom. The first-order valence-electron chi connectivity index (χ1n) is 7.27. The molecule has 1 N–H and O–H groups in total. The minimum absolute atomic E-state index is 0.201. The Labute approximate surface area is 128 Å². The van der Waals surface area contributed by atoms with Crippen LogP contribution in [0.3, 0.4) is 0 Å². The summed E-state index contributed by atoms with van der Waals surface area (Å²) in [5.74, 6) is 0. The molecule has 1 aliphatic heterocycles. The van der Waals surface area contributed by atoms with Crippen molar-refractivity contribution in [2.45, 2.75) is 22.6 Å². The lowest BCUT2D eigenvalue weighted by atomic mass is 9.93. The lowest BCUT2D eigenvalue weighted by Gasteiger charge is -2.22. The zero-order valence-corrected chi connectivity index (χ0v) is 12.5. The molecule has 0 radical (unpaired) electrons. The van der Waals surface area contributed by atoms with E-state index in [1.807, 2.05) is 11.8 Å². The standard InChI is InChI=1S/C19H16OS/c20-11-10-14-6-3-5-13-8-9-18-16(19(13)14)12-15-4-1-2-7-17(15)21-18/h1-9,20H,10-12H2. The van der Waals surface area contributed by atoms with E-state index in [-0.39, 0.29) is 6.61 Å². The quantitative estimate of drug-likeness (QED) is 0.590. The lowest BCUT2D eigenvalue weighted by molar-refractivity contribution is 0.300. The molecule has 1 heterocycles. The molecular weight excluding hydrogens is 276 g/mol. The Kier molecular flexibility index (Phi) is 3.21. The molecule has 0 amide bonds. The summed E-state index contributed by atoms with van der Waals surface area (Å²) < 4.78 is 0. The van der Waals surface area contributed by atoms with Gasteiger partial charge in [0.05, 0.1) is 0 Å². The number of hydrogen-bond donors (Lipinski definition) is 1. The average molecular weight is 292 g/mol. The largest absolute Gasteiger partial charge is 0.396 e. The van der Waals surface area contributed by atoms with Gasteiger partial charge in [0.15, 0.2) is 0 Å². The fourth-order valence-electron chi connectivity index (χ4n) is 3.17. The normalized spacial score (nSPS) is 13.0. The van der Waals surface area contributed by atoms with Gasteiger partial charge in [0.1, 0.15) is 0 Å². The van der Waals surface area contributed by atoms with E-state index in [9.17, 15) is 5.11 Å². The van der Waals surface area contributed by atoms with Gasteiger partial charge >= 0.3 is 0 Å². The van der Waals surface area contributed by atoms with E-state index >= 15 is 0 Å². The van der Waals surface area contributed by atoms with E-state index in [0.717, 1.165) is 12.8 Å². The molecular formula is C19H16OS. The van der Waals surface area contributed by atoms with Gasteiger partial charge in [-0.2, -0.15) is 0 Å². The Morgan fingerprint density at radius 2 is 1.81 bits per heavy atom. The van der Waals surface area contributed by atoms with Gasteiger partial charge in [-0.3, -0.25) is 0 Å². The summed E-state index contributed by atoms with van der Waals surface area (Å²) >= 11 is 1.86. The summed E-state index contributed by atoms with van der Waals surface area (Å²) in [6.07, 6.45) is 1.71. The van der Waals surface area contributed by atoms with Crippen molar-refractivity contribution in [1.29, 1.82) is 0 Å². The third-order valence-electron chi connectivity index (χ3n) is 4.14. The average Bonchev–Trinajstić information content (AvgIpc) is 2.53. The van der Waals surface area contributed by atoms with Crippen molar-refractivity contribution in [1.82, 2.24) is 0 Å². The summed E-state index contributed by atoms with van der Waals surface area (Å²) in [6.45, 7) is 0.201. The predicted octanol–water partition coefficient (Wildman–Crippen LogP) is 4.43. The van der Waals surface area contributed by atoms with Gasteiger partial charge in [-0.15, -0.1) is 0 Å². The maximum atomic E-state index is 9.34. The van der Waals surface area contributed by atoms with E-state index in [1.165, 1.54) is 37.3 Å². The van der Waals surface area contributed by atoms with Crippen molar-refractivity contribution in [3.05, 3.63) is 71.3 Å². The molecule has 0 aliphatic carbocycles. The second kappa shape index (κ2) is 5.21. The predicted molar refractivity (Wildman–Crippen MR) is 88.1 cm³/mol. The number of fused-ring (bicyclic) bond motifs is 4. The highest BCUT2D eigenvalue weighted by Gasteiger charge is 2.19. The number of hydrogen-bond acceptors (Lipinski definition) is 2. The molecule has 2 heteroatoms. The van der Waals surface area contributed by atoms with E-state index in [4.69, 9.17) is 0 Å². The highest BCUT2D eigenvalue weighted by Crippen LogP contribution is 2.42. The maximum absolute atomic E-state index is 9.34. The third kappa shape index (κ3) is 2.15. The van der Waals surface area contributed by atoms with Crippen molar-refractivity contribution in [3.63, 3.8) is 0 Å². The molecule has 21 heavy (non-hydrogen) atoms. The maximum Gasteiger partial charge on any atom is 0.0471 e. The van der Waals surface area contributed by atoms with Crippen molar-refractivity contribution in [2.75, 3.05) is 6.61 Å². The van der Waals surface area contributed by atoms with Crippen LogP contribution in [-0.2, 0) is 12.8 Å². The summed E-state index contributed by atoms with van der Waals surface area (Å²) in [5.41, 5.74) is 4.08. The minimum Gasteiger partial charge on any atom is -0.396 e. The molecule has 104 valence electrons. The molecule has 0 aromatic heterocycles. The zero-order chi connectivity index (χ0) is 14.2. The molecule has 0 saturated carbocycles. The third-order valence-corrected chi connectivity index (χ3v) is 5.36. The summed E-state index contributed by atoms with van der Waals surface area (Å²) in [6, 6.07) is 19.5. The van der Waals surface area contributed by atoms with Crippen molar-refractivity contribution in [2.24, 2.45) is 0 Å². The number of aliphatic hydroxyl groups is 1. The van der Waals surface area contributed by atoms with E-state index < -0.39 is 0 Å². The Balaban J connectivity index is 1.95. The molecule has 0 atom stereocenters. The summed E-state index contributed by atoms with van der Waals surface area (Å²) in [5, 5.41) is 12.0. The van der Waals surface area contributed by atoms with Gasteiger partial charge in [-0.1, -0.05) is 54.2 Å². The zero-order valence-electron chi connectivity index (χ0n) is 11.7. The molecule has 3 aromatic carbocycles. The van der Waals surface area contributed by atoms with Crippen LogP contribution < -0.4 is 0 Å². The monoisotopic (exact) mass is 292 g/mol. The van der Waals surface area contributed by atoms with Gasteiger partial charge in [0, 0.05) is 22.8 Å². The Bertz CT molecular complexity index is 823. The lowest BCUT2D eigenvalue weighted by Crippen LogP contribution is -2.03. The van der Waals surface area contributed by atoms with Crippen LogP contribution in [0.4, 0.5) is 0 Å². The molecule has 0 unspecified atom stereocenters. The first kappa shape index (κ1) is 12.9. The first-order valence-corrected chi connectivity index (χ1v) is 8.08. The molecule has 0 spiro atoms. The molecule has 1 aliphatic rings. The first-order chi connectivity index (χ1) is 10.4. The molecule has 3 aromatic rings. The summed E-state index contributed by atoms with van der Waals surface area (Å²) in [4.78, 5) is 2.72. The SMILES string of the molecule is OCCc1cccc2ccc3c(c12)Cc1ccccc1S3. The molecule has 4 rings (SSSR count). The minimum atomic E-state index is 0.201. The van der Waals surface area contributed by atoms with Crippen LogP contribution in [0.1, 0.15) is 16.7 Å². The second-order valence-electron chi connectivity index (χ2n) is 5.42. The highest BCUT2D eigenvalue weighted by molar-refractivity contribution is 7.99. The van der Waals surface area contributed by atoms with Crippen molar-refractivity contribution >= 4 is 22.5 Å². The Hall–Kier alpha value is -1.77. The molecule has 1 nitrogen and oxygen atoms in total. The Morgan fingerprint density at radius 3 is 2.71 bits per heavy atom. The number of benzene rings is 3. The number of rotatable bonds is 2.